The summed E-state index contributed by atoms with van der Waals surface area (Å²) in [5.41, 5.74) is -0.00715. The molecule has 2 unspecified atom stereocenters. The molecular weight excluding hydrogens is 340 g/mol. The number of piperazine rings is 1. The molecule has 1 aromatic rings. The van der Waals surface area contributed by atoms with Crippen molar-refractivity contribution in [3.63, 3.8) is 0 Å². The topological polar surface area (TPSA) is 77.9 Å². The van der Waals surface area contributed by atoms with Crippen molar-refractivity contribution in [2.75, 3.05) is 24.6 Å². The molecule has 2 heterocycles. The first-order chi connectivity index (χ1) is 11.5. The Morgan fingerprint density at radius 3 is 2.48 bits per heavy atom. The van der Waals surface area contributed by atoms with Gasteiger partial charge in [-0.25, -0.2) is 13.2 Å². The summed E-state index contributed by atoms with van der Waals surface area (Å²) in [5, 5.41) is 9.54. The van der Waals surface area contributed by atoms with Gasteiger partial charge in [0.2, 0.25) is 0 Å². The molecule has 25 heavy (non-hydrogen) atoms. The van der Waals surface area contributed by atoms with Gasteiger partial charge in [0, 0.05) is 25.7 Å². The quantitative estimate of drug-likeness (QED) is 0.867. The number of rotatable bonds is 2. The van der Waals surface area contributed by atoms with Crippen molar-refractivity contribution in [3.05, 3.63) is 35.9 Å². The van der Waals surface area contributed by atoms with Crippen molar-refractivity contribution in [3.8, 4) is 0 Å². The minimum atomic E-state index is -3.22. The molecule has 0 spiro atoms. The number of hydrogen-bond acceptors (Lipinski definition) is 4. The molecular formula is C18H26N2O4S. The second-order valence-corrected chi connectivity index (χ2v) is 10.4. The Kier molecular flexibility index (Phi) is 4.36. The summed E-state index contributed by atoms with van der Waals surface area (Å²) in [6.45, 7) is 7.11. The predicted octanol–water partition coefficient (Wildman–Crippen LogP) is 2.06. The van der Waals surface area contributed by atoms with Crippen molar-refractivity contribution < 1.29 is 18.3 Å². The minimum absolute atomic E-state index is 0.00336. The summed E-state index contributed by atoms with van der Waals surface area (Å²) in [7, 11) is -3.22. The van der Waals surface area contributed by atoms with Gasteiger partial charge in [0.15, 0.2) is 9.84 Å². The fraction of sp³-hybridized carbons (Fsp3) is 0.611. The van der Waals surface area contributed by atoms with Crippen molar-refractivity contribution >= 4 is 15.9 Å². The molecule has 0 saturated carbocycles. The molecule has 1 N–H and O–H groups in total. The van der Waals surface area contributed by atoms with E-state index < -0.39 is 21.5 Å². The number of carbonyl (C=O) groups is 1. The number of nitrogens with zero attached hydrogens (tertiary/aromatic N) is 2. The van der Waals surface area contributed by atoms with Crippen LogP contribution in [0.15, 0.2) is 30.3 Å². The van der Waals surface area contributed by atoms with Gasteiger partial charge in [-0.2, -0.15) is 0 Å². The summed E-state index contributed by atoms with van der Waals surface area (Å²) in [4.78, 5) is 15.3. The van der Waals surface area contributed by atoms with Crippen molar-refractivity contribution in [2.24, 2.45) is 5.41 Å². The smallest absolute Gasteiger partial charge is 0.407 e. The monoisotopic (exact) mass is 366 g/mol. The second-order valence-electron chi connectivity index (χ2n) is 8.27. The van der Waals surface area contributed by atoms with E-state index >= 15 is 0 Å². The molecule has 2 atom stereocenters. The zero-order valence-corrected chi connectivity index (χ0v) is 15.8. The van der Waals surface area contributed by atoms with Gasteiger partial charge >= 0.3 is 6.09 Å². The molecule has 7 heteroatoms. The van der Waals surface area contributed by atoms with Crippen LogP contribution in [0, 0.1) is 5.41 Å². The third kappa shape index (κ3) is 3.27. The summed E-state index contributed by atoms with van der Waals surface area (Å²) < 4.78 is 25.2. The van der Waals surface area contributed by atoms with Crippen LogP contribution in [0.4, 0.5) is 4.79 Å². The van der Waals surface area contributed by atoms with Crippen LogP contribution in [0.2, 0.25) is 0 Å². The Labute approximate surface area is 149 Å². The first kappa shape index (κ1) is 18.2. The molecule has 1 amide bonds. The number of hydrogen-bond donors (Lipinski definition) is 1. The van der Waals surface area contributed by atoms with E-state index in [1.807, 2.05) is 51.1 Å². The van der Waals surface area contributed by atoms with E-state index in [-0.39, 0.29) is 36.1 Å². The van der Waals surface area contributed by atoms with Crippen LogP contribution in [0.25, 0.3) is 0 Å². The van der Waals surface area contributed by atoms with Crippen molar-refractivity contribution in [1.82, 2.24) is 9.80 Å². The van der Waals surface area contributed by atoms with Crippen molar-refractivity contribution in [2.45, 2.75) is 38.9 Å². The molecule has 2 aliphatic rings. The van der Waals surface area contributed by atoms with E-state index in [4.69, 9.17) is 0 Å². The van der Waals surface area contributed by atoms with Gasteiger partial charge in [-0.3, -0.25) is 4.90 Å². The third-order valence-corrected chi connectivity index (χ3v) is 7.45. The highest BCUT2D eigenvalue weighted by Gasteiger charge is 2.59. The lowest BCUT2D eigenvalue weighted by Crippen LogP contribution is -2.77. The molecule has 1 aromatic carbocycles. The van der Waals surface area contributed by atoms with Gasteiger partial charge in [-0.1, -0.05) is 51.1 Å². The standard InChI is InChI=1S/C18H26N2O4S/c1-17(2,3)18-12-19(16(21)22)10-15(11-25(23,24)13-18)20(18)9-14-7-5-4-6-8-14/h4-8,15H,9-13H2,1-3H3,(H,21,22). The SMILES string of the molecule is CC(C)(C)C12CN(C(=O)O)CC(CS(=O)(=O)C1)N2Cc1ccccc1. The predicted molar refractivity (Wildman–Crippen MR) is 96.2 cm³/mol. The number of carboxylic acid groups (broad SMARTS) is 1. The van der Waals surface area contributed by atoms with Gasteiger partial charge in [0.25, 0.3) is 0 Å². The summed E-state index contributed by atoms with van der Waals surface area (Å²) in [5.74, 6) is 0.0120. The fourth-order valence-electron chi connectivity index (χ4n) is 4.25. The molecule has 138 valence electrons. The van der Waals surface area contributed by atoms with Crippen LogP contribution in [0.1, 0.15) is 26.3 Å². The highest BCUT2D eigenvalue weighted by molar-refractivity contribution is 7.91. The van der Waals surface area contributed by atoms with Gasteiger partial charge in [0.1, 0.15) is 0 Å². The van der Waals surface area contributed by atoms with Gasteiger partial charge in [-0.15, -0.1) is 0 Å². The first-order valence-electron chi connectivity index (χ1n) is 8.53. The van der Waals surface area contributed by atoms with E-state index in [1.165, 1.54) is 4.90 Å². The zero-order valence-electron chi connectivity index (χ0n) is 15.0. The number of amides is 1. The molecule has 2 bridgehead atoms. The van der Waals surface area contributed by atoms with Crippen molar-refractivity contribution in [1.29, 1.82) is 0 Å². The lowest BCUT2D eigenvalue weighted by Gasteiger charge is -2.62. The van der Waals surface area contributed by atoms with Crippen LogP contribution in [-0.2, 0) is 16.4 Å². The van der Waals surface area contributed by atoms with Crippen LogP contribution in [0.5, 0.6) is 0 Å². The first-order valence-corrected chi connectivity index (χ1v) is 10.4. The molecule has 2 fully saturated rings. The normalized spacial score (nSPS) is 29.4. The van der Waals surface area contributed by atoms with Crippen LogP contribution in [0.3, 0.4) is 0 Å². The minimum Gasteiger partial charge on any atom is -0.465 e. The van der Waals surface area contributed by atoms with E-state index in [2.05, 4.69) is 4.90 Å². The number of fused-ring (bicyclic) bond motifs is 2. The third-order valence-electron chi connectivity index (χ3n) is 5.64. The average Bonchev–Trinajstić information content (AvgIpc) is 2.47. The van der Waals surface area contributed by atoms with Crippen LogP contribution < -0.4 is 0 Å². The molecule has 0 aromatic heterocycles. The van der Waals surface area contributed by atoms with E-state index in [9.17, 15) is 18.3 Å². The highest BCUT2D eigenvalue weighted by Crippen LogP contribution is 2.45. The maximum absolute atomic E-state index is 12.6. The molecule has 0 aliphatic carbocycles. The highest BCUT2D eigenvalue weighted by atomic mass is 32.2. The molecule has 2 aliphatic heterocycles. The van der Waals surface area contributed by atoms with Crippen LogP contribution >= 0.6 is 0 Å². The molecule has 2 saturated heterocycles. The average molecular weight is 366 g/mol. The summed E-state index contributed by atoms with van der Waals surface area (Å²) in [6.07, 6.45) is -0.975. The Hall–Kier alpha value is -1.60. The zero-order chi connectivity index (χ0) is 18.5. The van der Waals surface area contributed by atoms with E-state index in [1.54, 1.807) is 0 Å². The fourth-order valence-corrected chi connectivity index (χ4v) is 6.66. The Balaban J connectivity index is 2.07. The van der Waals surface area contributed by atoms with Gasteiger partial charge < -0.3 is 10.0 Å². The molecule has 0 radical (unpaired) electrons. The Bertz CT molecular complexity index is 757. The maximum Gasteiger partial charge on any atom is 0.407 e. The lowest BCUT2D eigenvalue weighted by molar-refractivity contribution is -0.0866. The Morgan fingerprint density at radius 1 is 1.28 bits per heavy atom. The number of sulfone groups is 1. The molecule has 3 rings (SSSR count). The maximum atomic E-state index is 12.6. The summed E-state index contributed by atoms with van der Waals surface area (Å²) >= 11 is 0. The summed E-state index contributed by atoms with van der Waals surface area (Å²) in [6, 6.07) is 9.64. The van der Waals surface area contributed by atoms with Gasteiger partial charge in [0.05, 0.1) is 17.0 Å². The van der Waals surface area contributed by atoms with Gasteiger partial charge in [-0.05, 0) is 11.0 Å². The largest absolute Gasteiger partial charge is 0.465 e. The van der Waals surface area contributed by atoms with E-state index in [0.717, 1.165) is 5.56 Å². The van der Waals surface area contributed by atoms with Crippen LogP contribution in [-0.4, -0.2) is 65.6 Å². The molecule has 6 nitrogen and oxygen atoms in total. The Morgan fingerprint density at radius 2 is 1.92 bits per heavy atom. The lowest BCUT2D eigenvalue weighted by atomic mass is 9.70. The van der Waals surface area contributed by atoms with E-state index in [0.29, 0.717) is 6.54 Å². The number of benzene rings is 1. The second kappa shape index (κ2) is 5.99.